The zero-order valence-corrected chi connectivity index (χ0v) is 12.3. The van der Waals surface area contributed by atoms with E-state index in [2.05, 4.69) is 43.4 Å². The molecule has 0 aliphatic heterocycles. The molecule has 1 aromatic carbocycles. The van der Waals surface area contributed by atoms with Crippen LogP contribution < -0.4 is 11.1 Å². The minimum absolute atomic E-state index is 0.0521. The fourth-order valence-corrected chi connectivity index (χ4v) is 2.06. The normalized spacial score (nSPS) is 12.5. The SMILES string of the molecule is CCC(CN)C(=O)NCc1ccc(CC(C)C)cc1. The number of amides is 1. The second-order valence-electron chi connectivity index (χ2n) is 5.47. The van der Waals surface area contributed by atoms with Gasteiger partial charge in [-0.15, -0.1) is 0 Å². The molecule has 0 aliphatic carbocycles. The van der Waals surface area contributed by atoms with E-state index in [0.717, 1.165) is 18.4 Å². The van der Waals surface area contributed by atoms with Crippen LogP contribution in [0.15, 0.2) is 24.3 Å². The average Bonchev–Trinajstić information content (AvgIpc) is 2.38. The molecule has 0 fully saturated rings. The van der Waals surface area contributed by atoms with Gasteiger partial charge in [-0.05, 0) is 29.9 Å². The number of rotatable bonds is 7. The lowest BCUT2D eigenvalue weighted by atomic mass is 10.0. The first-order valence-corrected chi connectivity index (χ1v) is 7.12. The molecule has 1 amide bonds. The zero-order valence-electron chi connectivity index (χ0n) is 12.3. The van der Waals surface area contributed by atoms with Crippen molar-refractivity contribution in [3.05, 3.63) is 35.4 Å². The van der Waals surface area contributed by atoms with Crippen LogP contribution in [-0.4, -0.2) is 12.5 Å². The second kappa shape index (κ2) is 7.95. The summed E-state index contributed by atoms with van der Waals surface area (Å²) in [6, 6.07) is 8.45. The quantitative estimate of drug-likeness (QED) is 0.793. The fraction of sp³-hybridized carbons (Fsp3) is 0.562. The first-order chi connectivity index (χ1) is 9.06. The summed E-state index contributed by atoms with van der Waals surface area (Å²) in [4.78, 5) is 11.8. The highest BCUT2D eigenvalue weighted by Gasteiger charge is 2.13. The molecule has 0 saturated heterocycles. The first kappa shape index (κ1) is 15.7. The third-order valence-corrected chi connectivity index (χ3v) is 3.28. The summed E-state index contributed by atoms with van der Waals surface area (Å²) < 4.78 is 0. The Hall–Kier alpha value is -1.35. The third kappa shape index (κ3) is 5.43. The van der Waals surface area contributed by atoms with Crippen molar-refractivity contribution in [2.75, 3.05) is 6.54 Å². The smallest absolute Gasteiger partial charge is 0.224 e. The van der Waals surface area contributed by atoms with Gasteiger partial charge in [0.15, 0.2) is 0 Å². The monoisotopic (exact) mass is 262 g/mol. The van der Waals surface area contributed by atoms with Gasteiger partial charge in [-0.1, -0.05) is 45.0 Å². The molecule has 0 heterocycles. The Labute approximate surface area is 116 Å². The lowest BCUT2D eigenvalue weighted by molar-refractivity contribution is -0.124. The molecule has 0 spiro atoms. The van der Waals surface area contributed by atoms with Gasteiger partial charge in [0.05, 0.1) is 0 Å². The van der Waals surface area contributed by atoms with Gasteiger partial charge in [-0.3, -0.25) is 4.79 Å². The number of nitrogens with two attached hydrogens (primary N) is 1. The molecule has 1 aromatic rings. The summed E-state index contributed by atoms with van der Waals surface area (Å²) in [6.07, 6.45) is 1.88. The molecule has 106 valence electrons. The molecule has 1 rings (SSSR count). The highest BCUT2D eigenvalue weighted by Crippen LogP contribution is 2.10. The van der Waals surface area contributed by atoms with E-state index in [1.807, 2.05) is 6.92 Å². The van der Waals surface area contributed by atoms with Crippen LogP contribution in [0.4, 0.5) is 0 Å². The molecule has 1 atom stereocenters. The van der Waals surface area contributed by atoms with Gasteiger partial charge < -0.3 is 11.1 Å². The Morgan fingerprint density at radius 2 is 1.79 bits per heavy atom. The number of benzene rings is 1. The van der Waals surface area contributed by atoms with Gasteiger partial charge in [-0.25, -0.2) is 0 Å². The van der Waals surface area contributed by atoms with E-state index in [4.69, 9.17) is 5.73 Å². The molecule has 0 aliphatic rings. The summed E-state index contributed by atoms with van der Waals surface area (Å²) in [7, 11) is 0. The van der Waals surface area contributed by atoms with E-state index in [-0.39, 0.29) is 11.8 Å². The van der Waals surface area contributed by atoms with E-state index < -0.39 is 0 Å². The number of nitrogens with one attached hydrogen (secondary N) is 1. The maximum absolute atomic E-state index is 11.8. The topological polar surface area (TPSA) is 55.1 Å². The van der Waals surface area contributed by atoms with Gasteiger partial charge in [0, 0.05) is 19.0 Å². The predicted molar refractivity (Wildman–Crippen MR) is 79.7 cm³/mol. The molecule has 19 heavy (non-hydrogen) atoms. The average molecular weight is 262 g/mol. The lowest BCUT2D eigenvalue weighted by Gasteiger charge is -2.13. The number of carbonyl (C=O) groups is 1. The summed E-state index contributed by atoms with van der Waals surface area (Å²) in [5.41, 5.74) is 8.04. The van der Waals surface area contributed by atoms with Crippen molar-refractivity contribution in [3.8, 4) is 0 Å². The fourth-order valence-electron chi connectivity index (χ4n) is 2.06. The highest BCUT2D eigenvalue weighted by atomic mass is 16.1. The molecule has 3 nitrogen and oxygen atoms in total. The maximum Gasteiger partial charge on any atom is 0.224 e. The van der Waals surface area contributed by atoms with Crippen LogP contribution in [-0.2, 0) is 17.8 Å². The van der Waals surface area contributed by atoms with Crippen molar-refractivity contribution in [3.63, 3.8) is 0 Å². The number of hydrogen-bond acceptors (Lipinski definition) is 2. The summed E-state index contributed by atoms with van der Waals surface area (Å²) in [5, 5.41) is 2.94. The van der Waals surface area contributed by atoms with Crippen LogP contribution in [0.25, 0.3) is 0 Å². The van der Waals surface area contributed by atoms with Gasteiger partial charge in [0.25, 0.3) is 0 Å². The van der Waals surface area contributed by atoms with Crippen molar-refractivity contribution in [1.29, 1.82) is 0 Å². The first-order valence-electron chi connectivity index (χ1n) is 7.12. The summed E-state index contributed by atoms with van der Waals surface area (Å²) in [5.74, 6) is 0.650. The Balaban J connectivity index is 2.47. The molecule has 3 N–H and O–H groups in total. The van der Waals surface area contributed by atoms with Gasteiger partial charge in [0.1, 0.15) is 0 Å². The van der Waals surface area contributed by atoms with E-state index >= 15 is 0 Å². The van der Waals surface area contributed by atoms with Crippen LogP contribution in [0, 0.1) is 11.8 Å². The Morgan fingerprint density at radius 1 is 1.21 bits per heavy atom. The molecular formula is C16H26N2O. The minimum Gasteiger partial charge on any atom is -0.352 e. The number of hydrogen-bond donors (Lipinski definition) is 2. The van der Waals surface area contributed by atoms with Crippen molar-refractivity contribution >= 4 is 5.91 Å². The van der Waals surface area contributed by atoms with Crippen molar-refractivity contribution < 1.29 is 4.79 Å². The van der Waals surface area contributed by atoms with Crippen molar-refractivity contribution in [2.24, 2.45) is 17.6 Å². The van der Waals surface area contributed by atoms with Crippen molar-refractivity contribution in [2.45, 2.75) is 40.2 Å². The van der Waals surface area contributed by atoms with Crippen LogP contribution in [0.5, 0.6) is 0 Å². The second-order valence-corrected chi connectivity index (χ2v) is 5.47. The molecule has 1 unspecified atom stereocenters. The number of carbonyl (C=O) groups excluding carboxylic acids is 1. The Morgan fingerprint density at radius 3 is 2.26 bits per heavy atom. The lowest BCUT2D eigenvalue weighted by Crippen LogP contribution is -2.34. The van der Waals surface area contributed by atoms with Crippen molar-refractivity contribution in [1.82, 2.24) is 5.32 Å². The zero-order chi connectivity index (χ0) is 14.3. The van der Waals surface area contributed by atoms with Crippen LogP contribution in [0.2, 0.25) is 0 Å². The molecule has 0 bridgehead atoms. The van der Waals surface area contributed by atoms with E-state index in [1.165, 1.54) is 5.56 Å². The van der Waals surface area contributed by atoms with E-state index in [0.29, 0.717) is 19.0 Å². The van der Waals surface area contributed by atoms with Gasteiger partial charge >= 0.3 is 0 Å². The summed E-state index contributed by atoms with van der Waals surface area (Å²) in [6.45, 7) is 7.41. The predicted octanol–water partition coefficient (Wildman–Crippen LogP) is 2.49. The largest absolute Gasteiger partial charge is 0.352 e. The highest BCUT2D eigenvalue weighted by molar-refractivity contribution is 5.78. The standard InChI is InChI=1S/C16H26N2O/c1-4-15(10-17)16(19)18-11-14-7-5-13(6-8-14)9-12(2)3/h5-8,12,15H,4,9-11,17H2,1-3H3,(H,18,19). The summed E-state index contributed by atoms with van der Waals surface area (Å²) >= 11 is 0. The van der Waals surface area contributed by atoms with Crippen LogP contribution in [0.1, 0.15) is 38.3 Å². The molecule has 0 radical (unpaired) electrons. The minimum atomic E-state index is -0.0692. The van der Waals surface area contributed by atoms with Crippen LogP contribution >= 0.6 is 0 Å². The molecule has 0 saturated carbocycles. The van der Waals surface area contributed by atoms with Gasteiger partial charge in [-0.2, -0.15) is 0 Å². The molecule has 3 heteroatoms. The molecular weight excluding hydrogens is 236 g/mol. The van der Waals surface area contributed by atoms with E-state index in [1.54, 1.807) is 0 Å². The van der Waals surface area contributed by atoms with Gasteiger partial charge in [0.2, 0.25) is 5.91 Å². The maximum atomic E-state index is 11.8. The Bertz CT molecular complexity index is 380. The molecule has 0 aromatic heterocycles. The third-order valence-electron chi connectivity index (χ3n) is 3.28. The van der Waals surface area contributed by atoms with Crippen LogP contribution in [0.3, 0.4) is 0 Å². The van der Waals surface area contributed by atoms with E-state index in [9.17, 15) is 4.79 Å². The Kier molecular flexibility index (Phi) is 6.57.